The van der Waals surface area contributed by atoms with Crippen molar-refractivity contribution in [3.05, 3.63) is 268 Å². The highest BCUT2D eigenvalue weighted by atomic mass is 19.2. The average molecular weight is 1330 g/mol. The van der Waals surface area contributed by atoms with Gasteiger partial charge in [-0.25, -0.2) is 154 Å². The van der Waals surface area contributed by atoms with Crippen LogP contribution in [0.3, 0.4) is 0 Å². The lowest BCUT2D eigenvalue weighted by Gasteiger charge is -2.43. The minimum Gasteiger partial charge on any atom is -0.415 e. The van der Waals surface area contributed by atoms with E-state index < -0.39 is 299 Å². The molecule has 0 saturated carbocycles. The molecule has 0 amide bonds. The van der Waals surface area contributed by atoms with Crippen molar-refractivity contribution in [3.63, 3.8) is 0 Å². The Bertz CT molecular complexity index is 4260. The van der Waals surface area contributed by atoms with Crippen LogP contribution in [0.15, 0.2) is 30.6 Å². The molecule has 0 spiro atoms. The summed E-state index contributed by atoms with van der Waals surface area (Å²) in [5, 5.41) is 0. The maximum absolute atomic E-state index is 17.9. The Kier molecular flexibility index (Phi) is 16.1. The van der Waals surface area contributed by atoms with E-state index >= 15 is 154 Å². The van der Waals surface area contributed by atoms with E-state index in [4.69, 9.17) is 0 Å². The Hall–Kier alpha value is -9.48. The number of halogens is 35. The minimum atomic E-state index is -8.14. The molecule has 0 atom stereocenters. The molecule has 7 aromatic carbocycles. The molecule has 0 unspecified atom stereocenters. The Labute approximate surface area is 470 Å². The first-order chi connectivity index (χ1) is 41.8. The van der Waals surface area contributed by atoms with Gasteiger partial charge in [0.25, 0.3) is 0 Å². The van der Waals surface area contributed by atoms with E-state index in [0.29, 0.717) is 0 Å². The van der Waals surface area contributed by atoms with Crippen LogP contribution in [-0.4, -0.2) is 6.28 Å². The quantitative estimate of drug-likeness (QED) is 0.0618. The molecule has 1 aliphatic heterocycles. The van der Waals surface area contributed by atoms with E-state index in [1.807, 2.05) is 0 Å². The summed E-state index contributed by atoms with van der Waals surface area (Å²) in [6, 6.07) is 0.0619. The first-order valence-corrected chi connectivity index (χ1v) is 22.8. The second-order valence-corrected chi connectivity index (χ2v) is 18.1. The normalized spacial score (nSPS) is 13.7. The molecule has 0 saturated heterocycles. The van der Waals surface area contributed by atoms with Gasteiger partial charge in [-0.3, -0.25) is 0 Å². The molecule has 0 fully saturated rings. The molecule has 0 radical (unpaired) electrons. The number of pyridine rings is 1. The van der Waals surface area contributed by atoms with E-state index in [9.17, 15) is 0 Å². The fraction of sp³-hybridized carbons (Fsp3) is 0. The summed E-state index contributed by atoms with van der Waals surface area (Å²) in [5.74, 6) is -143. The third-order valence-electron chi connectivity index (χ3n) is 13.8. The van der Waals surface area contributed by atoms with Crippen molar-refractivity contribution >= 4 is 45.0 Å². The summed E-state index contributed by atoms with van der Waals surface area (Å²) in [6.07, 6.45) is -9.36. The molecule has 8 aromatic rings. The van der Waals surface area contributed by atoms with Gasteiger partial charge in [-0.1, -0.05) is 6.07 Å². The Morgan fingerprint density at radius 1 is 0.167 bits per heavy atom. The summed E-state index contributed by atoms with van der Waals surface area (Å²) in [4.78, 5) is 0. The number of allylic oxidation sites excluding steroid dienone is 4. The fourth-order valence-corrected chi connectivity index (χ4v) is 10.1. The lowest BCUT2D eigenvalue weighted by Crippen LogP contribution is -2.75. The van der Waals surface area contributed by atoms with Crippen molar-refractivity contribution in [2.75, 3.05) is 0 Å². The minimum absolute atomic E-state index is 0.105. The zero-order valence-electron chi connectivity index (χ0n) is 41.1. The van der Waals surface area contributed by atoms with Gasteiger partial charge in [-0.15, -0.1) is 10.9 Å². The summed E-state index contributed by atoms with van der Waals surface area (Å²) in [5.41, 5.74) is -54.3. The molecule has 1 nitrogen and oxygen atoms in total. The van der Waals surface area contributed by atoms with Gasteiger partial charge < -0.3 is 4.48 Å². The van der Waals surface area contributed by atoms with Crippen molar-refractivity contribution < 1.29 is 158 Å². The van der Waals surface area contributed by atoms with E-state index in [0.717, 1.165) is 0 Å². The number of hydrogen-bond acceptors (Lipinski definition) is 0. The Morgan fingerprint density at radius 3 is 0.522 bits per heavy atom. The molecule has 90 heavy (non-hydrogen) atoms. The van der Waals surface area contributed by atoms with Crippen molar-refractivity contribution in [2.24, 2.45) is 0 Å². The number of nitrogens with zero attached hydrogens (tertiary/aromatic N) is 1. The SMILES string of the molecule is Fc1c(F)c(F)c(C2=C(c3c(F)c(F)c(F)c(F)c3F)C(c3c(F)c(F)c(F)c(F)c3F)=C(c3c(F)c(F)c(F)c(F)c3F)[B-](c3c(F)c(F)c(F)c(F)c3F)([n+]3ccccc3)C(c3c(F)c(F)c(F)c(F)c3F)=C2c2c(F)c(F)c(F)c(F)c2F)c(F)c1F. The molecule has 0 N–H and O–H groups in total. The smallest absolute Gasteiger partial charge is 0.368 e. The van der Waals surface area contributed by atoms with Crippen LogP contribution in [0.25, 0.3) is 33.2 Å². The van der Waals surface area contributed by atoms with Crippen LogP contribution in [0.2, 0.25) is 0 Å². The van der Waals surface area contributed by atoms with Crippen LogP contribution < -0.4 is 9.94 Å². The van der Waals surface area contributed by atoms with Crippen LogP contribution in [0, 0.1) is 204 Å². The van der Waals surface area contributed by atoms with Gasteiger partial charge in [0.05, 0.1) is 22.3 Å². The van der Waals surface area contributed by atoms with Gasteiger partial charge in [0.2, 0.25) is 34.9 Å². The van der Waals surface area contributed by atoms with Crippen molar-refractivity contribution in [1.29, 1.82) is 0 Å². The van der Waals surface area contributed by atoms with Crippen molar-refractivity contribution in [1.82, 2.24) is 0 Å². The van der Waals surface area contributed by atoms with Crippen LogP contribution in [0.4, 0.5) is 154 Å². The van der Waals surface area contributed by atoms with Crippen LogP contribution in [0.5, 0.6) is 0 Å². The third kappa shape index (κ3) is 8.58. The number of hydrogen-bond donors (Lipinski definition) is 0. The predicted molar refractivity (Wildman–Crippen MR) is 231 cm³/mol. The van der Waals surface area contributed by atoms with Crippen molar-refractivity contribution in [2.45, 2.75) is 0 Å². The first-order valence-electron chi connectivity index (χ1n) is 22.8. The van der Waals surface area contributed by atoms with Crippen LogP contribution in [-0.2, 0) is 0 Å². The first kappa shape index (κ1) is 65.0. The van der Waals surface area contributed by atoms with Gasteiger partial charge in [-0.2, -0.15) is 0 Å². The highest BCUT2D eigenvalue weighted by Gasteiger charge is 2.61. The highest BCUT2D eigenvalue weighted by molar-refractivity contribution is 7.15. The second-order valence-electron chi connectivity index (χ2n) is 18.1. The summed E-state index contributed by atoms with van der Waals surface area (Å²) in [7, 11) is 0. The van der Waals surface area contributed by atoms with Gasteiger partial charge in [-0.05, 0) is 28.7 Å². The van der Waals surface area contributed by atoms with E-state index in [2.05, 4.69) is 0 Å². The third-order valence-corrected chi connectivity index (χ3v) is 13.8. The molecule has 1 aromatic heterocycles. The topological polar surface area (TPSA) is 3.88 Å². The zero-order chi connectivity index (χ0) is 67.3. The number of aromatic nitrogens is 1. The molecular weight excluding hydrogens is 1330 g/mol. The van der Waals surface area contributed by atoms with E-state index in [-0.39, 0.29) is 18.2 Å². The lowest BCUT2D eigenvalue weighted by atomic mass is 9.20. The largest absolute Gasteiger partial charge is 0.415 e. The van der Waals surface area contributed by atoms with E-state index in [1.165, 1.54) is 0 Å². The van der Waals surface area contributed by atoms with E-state index in [1.54, 1.807) is 0 Å². The lowest BCUT2D eigenvalue weighted by molar-refractivity contribution is -0.538. The summed E-state index contributed by atoms with van der Waals surface area (Å²) < 4.78 is 579. The molecule has 2 heterocycles. The van der Waals surface area contributed by atoms with Crippen LogP contribution in [0.1, 0.15) is 33.4 Å². The predicted octanol–water partition coefficient (Wildman–Crippen LogP) is 16.5. The zero-order valence-corrected chi connectivity index (χ0v) is 41.1. The van der Waals surface area contributed by atoms with Gasteiger partial charge >= 0.3 is 6.28 Å². The number of rotatable bonds is 8. The fourth-order valence-electron chi connectivity index (χ4n) is 10.1. The molecule has 470 valence electrons. The van der Waals surface area contributed by atoms with Gasteiger partial charge in [0, 0.05) is 22.3 Å². The van der Waals surface area contributed by atoms with Gasteiger partial charge in [0.1, 0.15) is 24.0 Å². The van der Waals surface area contributed by atoms with Gasteiger partial charge in [0.15, 0.2) is 157 Å². The Balaban J connectivity index is 2.07. The molecular formula is C53H5BF35N. The maximum atomic E-state index is 17.9. The molecule has 0 bridgehead atoms. The summed E-state index contributed by atoms with van der Waals surface area (Å²) in [6.45, 7) is 0. The second kappa shape index (κ2) is 22.2. The molecule has 37 heteroatoms. The molecule has 1 aliphatic rings. The number of benzene rings is 7. The molecule has 0 aliphatic carbocycles. The average Bonchev–Trinajstić information content (AvgIpc) is 1.38. The summed E-state index contributed by atoms with van der Waals surface area (Å²) >= 11 is 0. The maximum Gasteiger partial charge on any atom is 0.368 e. The molecule has 9 rings (SSSR count). The highest BCUT2D eigenvalue weighted by Crippen LogP contribution is 2.61. The standard InChI is InChI=1S/C53H5BF35N/c55-19-10(20(56)34(70)47(83)33(19)69)6-7(11-21(57)35(71)48(84)36(72)22(11)58)9(13-25(61)39(75)50(86)40(76)26(13)62)17(15-29(65)43(79)52(88)44(80)30(15)66)54(90-4-2-1-3-5-90,18-31(67)45(81)53(89)46(82)32(18)68)16(14-27(63)41(77)51(87)42(78)28(14)64)8(6)12-23(59)37(73)49(85)38(74)24(12)60/h1-5H. The van der Waals surface area contributed by atoms with Crippen LogP contribution >= 0.6 is 0 Å². The Morgan fingerprint density at radius 2 is 0.322 bits per heavy atom. The monoisotopic (exact) mass is 1330 g/mol. The van der Waals surface area contributed by atoms with Crippen molar-refractivity contribution in [3.8, 4) is 0 Å².